The van der Waals surface area contributed by atoms with Gasteiger partial charge in [-0.1, -0.05) is 6.92 Å². The van der Waals surface area contributed by atoms with E-state index in [-0.39, 0.29) is 0 Å². The van der Waals surface area contributed by atoms with Crippen molar-refractivity contribution >= 4 is 0 Å². The molecular formula is C10H18N4. The van der Waals surface area contributed by atoms with E-state index in [1.165, 1.54) is 18.7 Å². The van der Waals surface area contributed by atoms with Crippen molar-refractivity contribution in [2.75, 3.05) is 13.6 Å². The molecule has 0 bridgehead atoms. The van der Waals surface area contributed by atoms with Gasteiger partial charge >= 0.3 is 0 Å². The van der Waals surface area contributed by atoms with Crippen LogP contribution in [0.25, 0.3) is 0 Å². The Morgan fingerprint density at radius 1 is 1.50 bits per heavy atom. The minimum absolute atomic E-state index is 0.557. The van der Waals surface area contributed by atoms with Crippen LogP contribution >= 0.6 is 0 Å². The Bertz CT molecular complexity index is 305. The zero-order valence-electron chi connectivity index (χ0n) is 8.95. The summed E-state index contributed by atoms with van der Waals surface area (Å²) in [6.45, 7) is 4.26. The third kappa shape index (κ3) is 1.54. The fourth-order valence-corrected chi connectivity index (χ4v) is 2.22. The summed E-state index contributed by atoms with van der Waals surface area (Å²) in [4.78, 5) is 0. The van der Waals surface area contributed by atoms with Crippen molar-refractivity contribution in [3.8, 4) is 0 Å². The van der Waals surface area contributed by atoms with Gasteiger partial charge in [0.2, 0.25) is 0 Å². The van der Waals surface area contributed by atoms with Gasteiger partial charge < -0.3 is 9.88 Å². The van der Waals surface area contributed by atoms with Gasteiger partial charge in [-0.3, -0.25) is 0 Å². The van der Waals surface area contributed by atoms with E-state index in [9.17, 15) is 0 Å². The molecule has 1 aliphatic rings. The average Bonchev–Trinajstić information content (AvgIpc) is 2.62. The van der Waals surface area contributed by atoms with E-state index in [0.29, 0.717) is 5.92 Å². The number of nitrogens with zero attached hydrogens (tertiary/aromatic N) is 3. The van der Waals surface area contributed by atoms with Crippen LogP contribution in [0, 0.1) is 0 Å². The molecule has 0 aliphatic carbocycles. The van der Waals surface area contributed by atoms with E-state index >= 15 is 0 Å². The van der Waals surface area contributed by atoms with Crippen LogP contribution in [0.4, 0.5) is 0 Å². The molecule has 4 heteroatoms. The van der Waals surface area contributed by atoms with Gasteiger partial charge in [0.15, 0.2) is 0 Å². The maximum absolute atomic E-state index is 4.30. The average molecular weight is 194 g/mol. The second-order valence-electron chi connectivity index (χ2n) is 3.88. The fourth-order valence-electron chi connectivity index (χ4n) is 2.22. The van der Waals surface area contributed by atoms with Crippen LogP contribution in [0.5, 0.6) is 0 Å². The maximum atomic E-state index is 4.30. The van der Waals surface area contributed by atoms with E-state index in [0.717, 1.165) is 25.3 Å². The third-order valence-corrected chi connectivity index (χ3v) is 2.92. The monoisotopic (exact) mass is 194 g/mol. The molecule has 1 unspecified atom stereocenters. The first-order valence-corrected chi connectivity index (χ1v) is 5.43. The van der Waals surface area contributed by atoms with Crippen LogP contribution in [-0.2, 0) is 13.0 Å². The van der Waals surface area contributed by atoms with Crippen molar-refractivity contribution in [2.45, 2.75) is 38.6 Å². The zero-order valence-corrected chi connectivity index (χ0v) is 8.95. The largest absolute Gasteiger partial charge is 0.319 e. The summed E-state index contributed by atoms with van der Waals surface area (Å²) >= 11 is 0. The van der Waals surface area contributed by atoms with Crippen LogP contribution in [0.2, 0.25) is 0 Å². The minimum atomic E-state index is 0.557. The molecule has 0 fully saturated rings. The predicted octanol–water partition coefficient (Wildman–Crippen LogP) is 0.937. The van der Waals surface area contributed by atoms with Crippen molar-refractivity contribution in [1.82, 2.24) is 20.1 Å². The van der Waals surface area contributed by atoms with Crippen molar-refractivity contribution in [1.29, 1.82) is 0 Å². The summed E-state index contributed by atoms with van der Waals surface area (Å²) in [5, 5.41) is 11.8. The Morgan fingerprint density at radius 3 is 3.07 bits per heavy atom. The third-order valence-electron chi connectivity index (χ3n) is 2.92. The number of hydrogen-bond donors (Lipinski definition) is 1. The molecule has 78 valence electrons. The van der Waals surface area contributed by atoms with Gasteiger partial charge in [-0.15, -0.1) is 10.2 Å². The molecular weight excluding hydrogens is 176 g/mol. The van der Waals surface area contributed by atoms with Gasteiger partial charge in [-0.25, -0.2) is 0 Å². The lowest BCUT2D eigenvalue weighted by atomic mass is 9.99. The summed E-state index contributed by atoms with van der Waals surface area (Å²) in [5.41, 5.74) is 0. The van der Waals surface area contributed by atoms with E-state index in [1.54, 1.807) is 0 Å². The van der Waals surface area contributed by atoms with Crippen LogP contribution in [0.3, 0.4) is 0 Å². The number of likely N-dealkylation sites (N-methyl/N-ethyl adjacent to an activating group) is 1. The SMILES string of the molecule is CCc1nnc2n1CCCC2CNC. The lowest BCUT2D eigenvalue weighted by Crippen LogP contribution is -2.25. The highest BCUT2D eigenvalue weighted by Gasteiger charge is 2.23. The summed E-state index contributed by atoms with van der Waals surface area (Å²) < 4.78 is 2.30. The van der Waals surface area contributed by atoms with Crippen molar-refractivity contribution in [3.63, 3.8) is 0 Å². The molecule has 0 spiro atoms. The van der Waals surface area contributed by atoms with Crippen LogP contribution < -0.4 is 5.32 Å². The molecule has 0 radical (unpaired) electrons. The molecule has 1 atom stereocenters. The molecule has 2 heterocycles. The molecule has 2 rings (SSSR count). The Kier molecular flexibility index (Phi) is 2.82. The second-order valence-corrected chi connectivity index (χ2v) is 3.88. The molecule has 0 aromatic carbocycles. The van der Waals surface area contributed by atoms with Gasteiger partial charge in [0, 0.05) is 25.4 Å². The predicted molar refractivity (Wildman–Crippen MR) is 55.3 cm³/mol. The molecule has 14 heavy (non-hydrogen) atoms. The lowest BCUT2D eigenvalue weighted by Gasteiger charge is -2.23. The number of aryl methyl sites for hydroxylation is 1. The van der Waals surface area contributed by atoms with Crippen molar-refractivity contribution in [2.24, 2.45) is 0 Å². The van der Waals surface area contributed by atoms with Gasteiger partial charge in [0.25, 0.3) is 0 Å². The fraction of sp³-hybridized carbons (Fsp3) is 0.800. The lowest BCUT2D eigenvalue weighted by molar-refractivity contribution is 0.426. The number of hydrogen-bond acceptors (Lipinski definition) is 3. The molecule has 1 N–H and O–H groups in total. The van der Waals surface area contributed by atoms with Gasteiger partial charge in [0.1, 0.15) is 11.6 Å². The number of aromatic nitrogens is 3. The van der Waals surface area contributed by atoms with Crippen LogP contribution in [0.1, 0.15) is 37.3 Å². The Morgan fingerprint density at radius 2 is 2.36 bits per heavy atom. The summed E-state index contributed by atoms with van der Waals surface area (Å²) in [6, 6.07) is 0. The first-order chi connectivity index (χ1) is 6.86. The van der Waals surface area contributed by atoms with Gasteiger partial charge in [-0.05, 0) is 19.9 Å². The topological polar surface area (TPSA) is 42.7 Å². The smallest absolute Gasteiger partial charge is 0.137 e. The molecule has 1 aromatic rings. The molecule has 0 saturated carbocycles. The quantitative estimate of drug-likeness (QED) is 0.778. The highest BCUT2D eigenvalue weighted by molar-refractivity contribution is 5.05. The number of fused-ring (bicyclic) bond motifs is 1. The highest BCUT2D eigenvalue weighted by Crippen LogP contribution is 2.25. The number of nitrogens with one attached hydrogen (secondary N) is 1. The first kappa shape index (κ1) is 9.65. The normalized spacial score (nSPS) is 20.9. The van der Waals surface area contributed by atoms with Crippen LogP contribution in [0.15, 0.2) is 0 Å². The number of rotatable bonds is 3. The molecule has 0 amide bonds. The Balaban J connectivity index is 2.26. The highest BCUT2D eigenvalue weighted by atomic mass is 15.3. The summed E-state index contributed by atoms with van der Waals surface area (Å²) in [7, 11) is 2.00. The molecule has 0 saturated heterocycles. The minimum Gasteiger partial charge on any atom is -0.319 e. The van der Waals surface area contributed by atoms with E-state index < -0.39 is 0 Å². The second kappa shape index (κ2) is 4.09. The van der Waals surface area contributed by atoms with Gasteiger partial charge in [0.05, 0.1) is 0 Å². The Hall–Kier alpha value is -0.900. The summed E-state index contributed by atoms with van der Waals surface area (Å²) in [5.74, 6) is 2.88. The molecule has 4 nitrogen and oxygen atoms in total. The molecule has 1 aromatic heterocycles. The Labute approximate surface area is 84.7 Å². The van der Waals surface area contributed by atoms with Crippen molar-refractivity contribution < 1.29 is 0 Å². The van der Waals surface area contributed by atoms with Gasteiger partial charge in [-0.2, -0.15) is 0 Å². The standard InChI is InChI=1S/C10H18N4/c1-3-9-12-13-10-8(7-11-2)5-4-6-14(9)10/h8,11H,3-7H2,1-2H3. The summed E-state index contributed by atoms with van der Waals surface area (Å²) in [6.07, 6.45) is 3.48. The molecule has 1 aliphatic heterocycles. The zero-order chi connectivity index (χ0) is 9.97. The maximum Gasteiger partial charge on any atom is 0.137 e. The van der Waals surface area contributed by atoms with Crippen LogP contribution in [-0.4, -0.2) is 28.4 Å². The van der Waals surface area contributed by atoms with E-state index in [1.807, 2.05) is 7.05 Å². The first-order valence-electron chi connectivity index (χ1n) is 5.43. The van der Waals surface area contributed by atoms with E-state index in [4.69, 9.17) is 0 Å². The van der Waals surface area contributed by atoms with Crippen molar-refractivity contribution in [3.05, 3.63) is 11.6 Å². The van der Waals surface area contributed by atoms with E-state index in [2.05, 4.69) is 27.0 Å².